The number of anilines is 1. The first kappa shape index (κ1) is 27.9. The first-order chi connectivity index (χ1) is 18.2. The Kier molecular flexibility index (Phi) is 7.07. The fourth-order valence-electron chi connectivity index (χ4n) is 4.15. The second-order valence-corrected chi connectivity index (χ2v) is 11.2. The van der Waals surface area contributed by atoms with Crippen molar-refractivity contribution in [2.75, 3.05) is 11.6 Å². The van der Waals surface area contributed by atoms with E-state index in [1.165, 1.54) is 25.1 Å². The fourth-order valence-corrected chi connectivity index (χ4v) is 4.81. The molecule has 39 heavy (non-hydrogen) atoms. The Morgan fingerprint density at radius 3 is 2.41 bits per heavy atom. The lowest BCUT2D eigenvalue weighted by molar-refractivity contribution is -0.142. The number of amides is 1. The van der Waals surface area contributed by atoms with Crippen LogP contribution >= 0.6 is 0 Å². The van der Waals surface area contributed by atoms with Gasteiger partial charge in [0.25, 0.3) is 11.8 Å². The number of rotatable bonds is 6. The Labute approximate surface area is 220 Å². The molecule has 9 nitrogen and oxygen atoms in total. The van der Waals surface area contributed by atoms with Crippen LogP contribution in [0.2, 0.25) is 0 Å². The molecule has 0 unspecified atom stereocenters. The van der Waals surface area contributed by atoms with Gasteiger partial charge in [-0.2, -0.15) is 18.4 Å². The van der Waals surface area contributed by atoms with Crippen LogP contribution in [0, 0.1) is 31.0 Å². The molecular weight excluding hydrogens is 542 g/mol. The van der Waals surface area contributed by atoms with E-state index in [1.807, 2.05) is 0 Å². The van der Waals surface area contributed by atoms with Crippen molar-refractivity contribution in [2.45, 2.75) is 49.6 Å². The normalized spacial score (nSPS) is 14.7. The number of carbonyl (C=O) groups is 1. The molecule has 14 heteroatoms. The fraction of sp³-hybridized carbons (Fsp3) is 0.320. The third-order valence-corrected chi connectivity index (χ3v) is 7.52. The molecule has 0 atom stereocenters. The summed E-state index contributed by atoms with van der Waals surface area (Å²) in [6.07, 6.45) is -2.24. The SMILES string of the molecule is Cc1nc(C2(C#N)CCC2)cc(F)c1Oc1nnc(C(F)(F)F)c(C)c1C(=O)Nc1cccc(S(C)(=O)=O)c1. The lowest BCUT2D eigenvalue weighted by atomic mass is 9.67. The van der Waals surface area contributed by atoms with Crippen LogP contribution < -0.4 is 10.1 Å². The number of nitriles is 1. The molecule has 4 rings (SSSR count). The monoisotopic (exact) mass is 563 g/mol. The van der Waals surface area contributed by atoms with E-state index in [1.54, 1.807) is 0 Å². The van der Waals surface area contributed by atoms with Crippen LogP contribution in [0.5, 0.6) is 11.6 Å². The number of hydrogen-bond acceptors (Lipinski definition) is 8. The van der Waals surface area contributed by atoms with Crippen molar-refractivity contribution in [3.63, 3.8) is 0 Å². The van der Waals surface area contributed by atoms with Crippen LogP contribution in [0.25, 0.3) is 0 Å². The summed E-state index contributed by atoms with van der Waals surface area (Å²) in [6, 6.07) is 8.25. The maximum atomic E-state index is 15.2. The molecule has 1 aliphatic carbocycles. The number of alkyl halides is 3. The highest BCUT2D eigenvalue weighted by atomic mass is 32.2. The average molecular weight is 564 g/mol. The summed E-state index contributed by atoms with van der Waals surface area (Å²) in [4.78, 5) is 17.3. The van der Waals surface area contributed by atoms with E-state index in [-0.39, 0.29) is 22.0 Å². The Morgan fingerprint density at radius 2 is 1.87 bits per heavy atom. The molecule has 0 bridgehead atoms. The van der Waals surface area contributed by atoms with Crippen molar-refractivity contribution < 1.29 is 35.5 Å². The zero-order valence-corrected chi connectivity index (χ0v) is 21.7. The lowest BCUT2D eigenvalue weighted by Gasteiger charge is -2.34. The van der Waals surface area contributed by atoms with E-state index in [0.717, 1.165) is 31.7 Å². The van der Waals surface area contributed by atoms with Crippen LogP contribution in [-0.4, -0.2) is 35.8 Å². The minimum atomic E-state index is -4.97. The number of nitrogens with one attached hydrogen (secondary N) is 1. The topological polar surface area (TPSA) is 135 Å². The highest BCUT2D eigenvalue weighted by molar-refractivity contribution is 7.90. The molecule has 1 saturated carbocycles. The predicted octanol–water partition coefficient (Wildman–Crippen LogP) is 5.04. The van der Waals surface area contributed by atoms with E-state index in [0.29, 0.717) is 12.8 Å². The van der Waals surface area contributed by atoms with Gasteiger partial charge >= 0.3 is 6.18 Å². The Morgan fingerprint density at radius 1 is 1.18 bits per heavy atom. The number of hydrogen-bond donors (Lipinski definition) is 1. The van der Waals surface area contributed by atoms with Crippen molar-refractivity contribution in [3.05, 3.63) is 64.4 Å². The first-order valence-corrected chi connectivity index (χ1v) is 13.4. The molecule has 0 spiro atoms. The molecule has 2 heterocycles. The number of aromatic nitrogens is 3. The second kappa shape index (κ2) is 9.88. The maximum absolute atomic E-state index is 15.2. The van der Waals surface area contributed by atoms with Gasteiger partial charge in [-0.3, -0.25) is 9.78 Å². The van der Waals surface area contributed by atoms with Gasteiger partial charge < -0.3 is 10.1 Å². The second-order valence-electron chi connectivity index (χ2n) is 9.16. The van der Waals surface area contributed by atoms with Gasteiger partial charge in [-0.25, -0.2) is 12.8 Å². The third-order valence-electron chi connectivity index (χ3n) is 6.41. The highest BCUT2D eigenvalue weighted by Crippen LogP contribution is 2.44. The van der Waals surface area contributed by atoms with Crippen LogP contribution in [0.1, 0.15) is 52.3 Å². The number of sulfone groups is 1. The lowest BCUT2D eigenvalue weighted by Crippen LogP contribution is -2.33. The van der Waals surface area contributed by atoms with Gasteiger partial charge in [0, 0.05) is 18.0 Å². The van der Waals surface area contributed by atoms with E-state index < -0.39 is 61.6 Å². The van der Waals surface area contributed by atoms with Crippen LogP contribution in [0.15, 0.2) is 35.2 Å². The van der Waals surface area contributed by atoms with Crippen molar-refractivity contribution in [1.82, 2.24) is 15.2 Å². The van der Waals surface area contributed by atoms with Gasteiger partial charge in [-0.1, -0.05) is 6.07 Å². The van der Waals surface area contributed by atoms with E-state index in [9.17, 15) is 31.6 Å². The third kappa shape index (κ3) is 5.40. The summed E-state index contributed by atoms with van der Waals surface area (Å²) in [7, 11) is -3.65. The Hall–Kier alpha value is -4.12. The number of halogens is 4. The molecule has 1 amide bonds. The van der Waals surface area contributed by atoms with E-state index in [2.05, 4.69) is 26.6 Å². The van der Waals surface area contributed by atoms with Gasteiger partial charge in [0.2, 0.25) is 0 Å². The van der Waals surface area contributed by atoms with Crippen LogP contribution in [-0.2, 0) is 21.4 Å². The smallest absolute Gasteiger partial charge is 0.432 e. The van der Waals surface area contributed by atoms with Crippen molar-refractivity contribution in [1.29, 1.82) is 5.26 Å². The average Bonchev–Trinajstić information content (AvgIpc) is 2.80. The largest absolute Gasteiger partial charge is 0.435 e. The van der Waals surface area contributed by atoms with Crippen LogP contribution in [0.3, 0.4) is 0 Å². The molecule has 204 valence electrons. The summed E-state index contributed by atoms with van der Waals surface area (Å²) < 4.78 is 85.1. The number of carbonyl (C=O) groups excluding carboxylic acids is 1. The van der Waals surface area contributed by atoms with E-state index >= 15 is 4.39 Å². The molecule has 0 radical (unpaired) electrons. The quantitative estimate of drug-likeness (QED) is 0.412. The summed E-state index contributed by atoms with van der Waals surface area (Å²) in [5.41, 5.74) is -3.58. The highest BCUT2D eigenvalue weighted by Gasteiger charge is 2.42. The van der Waals surface area contributed by atoms with Gasteiger partial charge in [0.15, 0.2) is 27.1 Å². The molecule has 1 N–H and O–H groups in total. The summed E-state index contributed by atoms with van der Waals surface area (Å²) in [5.74, 6) is -3.32. The van der Waals surface area contributed by atoms with Gasteiger partial charge in [0.1, 0.15) is 5.56 Å². The van der Waals surface area contributed by atoms with E-state index in [4.69, 9.17) is 4.74 Å². The van der Waals surface area contributed by atoms with Crippen molar-refractivity contribution >= 4 is 21.4 Å². The molecular formula is C25H21F4N5O4S. The number of pyridine rings is 1. The molecule has 1 fully saturated rings. The van der Waals surface area contributed by atoms with Gasteiger partial charge in [-0.15, -0.1) is 10.2 Å². The Bertz CT molecular complexity index is 1610. The number of ether oxygens (including phenoxy) is 1. The molecule has 3 aromatic rings. The summed E-state index contributed by atoms with van der Waals surface area (Å²) in [6.45, 7) is 2.36. The van der Waals surface area contributed by atoms with Crippen LogP contribution in [0.4, 0.5) is 23.2 Å². The van der Waals surface area contributed by atoms with Gasteiger partial charge in [-0.05, 0) is 56.9 Å². The Balaban J connectivity index is 1.77. The molecule has 2 aromatic heterocycles. The molecule has 0 saturated heterocycles. The zero-order chi connectivity index (χ0) is 28.8. The minimum Gasteiger partial charge on any atom is -0.432 e. The predicted molar refractivity (Wildman–Crippen MR) is 129 cm³/mol. The first-order valence-electron chi connectivity index (χ1n) is 11.5. The maximum Gasteiger partial charge on any atom is 0.435 e. The molecule has 0 aliphatic heterocycles. The standard InChI is InChI=1S/C25H21F4N5O4S/c1-13-19(22(35)32-15-6-4-7-16(10-15)39(3,36)37)23(34-33-21(13)25(27,28)29)38-20-14(2)31-18(11-17(20)26)24(12-30)8-5-9-24/h4,6-7,10-11H,5,8-9H2,1-3H3,(H,32,35). The summed E-state index contributed by atoms with van der Waals surface area (Å²) in [5, 5.41) is 18.5. The number of nitrogens with zero attached hydrogens (tertiary/aromatic N) is 4. The molecule has 1 aromatic carbocycles. The summed E-state index contributed by atoms with van der Waals surface area (Å²) >= 11 is 0. The molecule has 1 aliphatic rings. The van der Waals surface area contributed by atoms with Crippen molar-refractivity contribution in [2.24, 2.45) is 0 Å². The van der Waals surface area contributed by atoms with Gasteiger partial charge in [0.05, 0.1) is 27.8 Å². The zero-order valence-electron chi connectivity index (χ0n) is 20.9. The number of aryl methyl sites for hydroxylation is 1. The minimum absolute atomic E-state index is 0.0157. The van der Waals surface area contributed by atoms with Crippen molar-refractivity contribution in [3.8, 4) is 17.7 Å². The number of benzene rings is 1.